The van der Waals surface area contributed by atoms with E-state index in [9.17, 15) is 0 Å². The van der Waals surface area contributed by atoms with E-state index in [1.165, 1.54) is 19.3 Å². The Kier molecular flexibility index (Phi) is 4.44. The summed E-state index contributed by atoms with van der Waals surface area (Å²) in [5.41, 5.74) is 0. The third-order valence-electron chi connectivity index (χ3n) is 3.51. The minimum Gasteiger partial charge on any atom is -0.474 e. The van der Waals surface area contributed by atoms with Crippen molar-refractivity contribution in [2.45, 2.75) is 58.5 Å². The van der Waals surface area contributed by atoms with E-state index in [0.717, 1.165) is 12.2 Å². The van der Waals surface area contributed by atoms with Gasteiger partial charge in [-0.1, -0.05) is 38.8 Å². The standard InChI is InChI=1S/C14H21ClN2O/c1-9(2)14-16-12(15)8-13(17-14)18-11-7-5-4-6-10(11)3/h8-11H,4-7H2,1-3H3. The zero-order valence-corrected chi connectivity index (χ0v) is 12.1. The molecule has 1 saturated carbocycles. The second-order valence-electron chi connectivity index (χ2n) is 5.46. The molecule has 0 radical (unpaired) electrons. The van der Waals surface area contributed by atoms with Crippen molar-refractivity contribution >= 4 is 11.6 Å². The van der Waals surface area contributed by atoms with Gasteiger partial charge in [-0.3, -0.25) is 0 Å². The fourth-order valence-corrected chi connectivity index (χ4v) is 2.52. The van der Waals surface area contributed by atoms with Crippen LogP contribution in [0.4, 0.5) is 0 Å². The van der Waals surface area contributed by atoms with Crippen LogP contribution in [0.3, 0.4) is 0 Å². The highest BCUT2D eigenvalue weighted by atomic mass is 35.5. The molecule has 0 saturated heterocycles. The molecule has 1 fully saturated rings. The second kappa shape index (κ2) is 5.87. The zero-order valence-electron chi connectivity index (χ0n) is 11.3. The Morgan fingerprint density at radius 2 is 2.00 bits per heavy atom. The van der Waals surface area contributed by atoms with Crippen LogP contribution in [0.15, 0.2) is 6.07 Å². The Morgan fingerprint density at radius 3 is 2.67 bits per heavy atom. The summed E-state index contributed by atoms with van der Waals surface area (Å²) in [5, 5.41) is 0.465. The molecular weight excluding hydrogens is 248 g/mol. The molecule has 1 aliphatic rings. The molecule has 1 aliphatic carbocycles. The molecule has 0 N–H and O–H groups in total. The van der Waals surface area contributed by atoms with Gasteiger partial charge in [-0.15, -0.1) is 0 Å². The summed E-state index contributed by atoms with van der Waals surface area (Å²) >= 11 is 6.02. The molecule has 1 aromatic rings. The lowest BCUT2D eigenvalue weighted by molar-refractivity contribution is 0.0971. The molecule has 3 nitrogen and oxygen atoms in total. The van der Waals surface area contributed by atoms with Gasteiger partial charge >= 0.3 is 0 Å². The SMILES string of the molecule is CC(C)c1nc(Cl)cc(OC2CCCCC2C)n1. The Morgan fingerprint density at radius 1 is 1.28 bits per heavy atom. The first kappa shape index (κ1) is 13.6. The summed E-state index contributed by atoms with van der Waals surface area (Å²) in [4.78, 5) is 8.66. The van der Waals surface area contributed by atoms with E-state index in [0.29, 0.717) is 17.0 Å². The van der Waals surface area contributed by atoms with Crippen LogP contribution in [0.2, 0.25) is 5.15 Å². The van der Waals surface area contributed by atoms with Gasteiger partial charge < -0.3 is 4.74 Å². The number of hydrogen-bond acceptors (Lipinski definition) is 3. The molecule has 2 unspecified atom stereocenters. The van der Waals surface area contributed by atoms with Crippen molar-refractivity contribution in [2.75, 3.05) is 0 Å². The van der Waals surface area contributed by atoms with Gasteiger partial charge in [0, 0.05) is 12.0 Å². The summed E-state index contributed by atoms with van der Waals surface area (Å²) in [6, 6.07) is 1.72. The molecule has 0 bridgehead atoms. The van der Waals surface area contributed by atoms with Crippen LogP contribution < -0.4 is 4.74 Å². The summed E-state index contributed by atoms with van der Waals surface area (Å²) in [6.07, 6.45) is 5.17. The number of ether oxygens (including phenoxy) is 1. The normalized spacial score (nSPS) is 24.3. The Bertz CT molecular complexity index is 409. The summed E-state index contributed by atoms with van der Waals surface area (Å²) in [7, 11) is 0. The van der Waals surface area contributed by atoms with Gasteiger partial charge in [0.2, 0.25) is 5.88 Å². The number of aromatic nitrogens is 2. The molecule has 0 aliphatic heterocycles. The van der Waals surface area contributed by atoms with Crippen molar-refractivity contribution in [3.05, 3.63) is 17.0 Å². The first-order chi connectivity index (χ1) is 8.56. The molecular formula is C14H21ClN2O. The van der Waals surface area contributed by atoms with Crippen LogP contribution in [0.1, 0.15) is 58.2 Å². The van der Waals surface area contributed by atoms with Crippen molar-refractivity contribution in [1.82, 2.24) is 9.97 Å². The highest BCUT2D eigenvalue weighted by Gasteiger charge is 2.23. The molecule has 0 amide bonds. The topological polar surface area (TPSA) is 35.0 Å². The van der Waals surface area contributed by atoms with Crippen molar-refractivity contribution in [2.24, 2.45) is 5.92 Å². The van der Waals surface area contributed by atoms with Gasteiger partial charge in [0.1, 0.15) is 17.1 Å². The predicted molar refractivity (Wildman–Crippen MR) is 73.2 cm³/mol. The molecule has 0 spiro atoms. The van der Waals surface area contributed by atoms with Crippen LogP contribution in [0.5, 0.6) is 5.88 Å². The minimum absolute atomic E-state index is 0.259. The Hall–Kier alpha value is -0.830. The van der Waals surface area contributed by atoms with E-state index in [1.54, 1.807) is 6.07 Å². The van der Waals surface area contributed by atoms with Gasteiger partial charge in [-0.05, 0) is 25.2 Å². The number of halogens is 1. The molecule has 2 atom stereocenters. The smallest absolute Gasteiger partial charge is 0.218 e. The minimum atomic E-state index is 0.259. The van der Waals surface area contributed by atoms with Gasteiger partial charge in [-0.25, -0.2) is 4.98 Å². The third kappa shape index (κ3) is 3.35. The molecule has 4 heteroatoms. The summed E-state index contributed by atoms with van der Waals surface area (Å²) in [5.74, 6) is 2.23. The van der Waals surface area contributed by atoms with Crippen LogP contribution in [-0.2, 0) is 0 Å². The molecule has 2 rings (SSSR count). The zero-order chi connectivity index (χ0) is 13.1. The maximum Gasteiger partial charge on any atom is 0.218 e. The van der Waals surface area contributed by atoms with E-state index < -0.39 is 0 Å². The van der Waals surface area contributed by atoms with E-state index >= 15 is 0 Å². The average molecular weight is 269 g/mol. The average Bonchev–Trinajstić information content (AvgIpc) is 2.31. The second-order valence-corrected chi connectivity index (χ2v) is 5.85. The first-order valence-corrected chi connectivity index (χ1v) is 7.15. The lowest BCUT2D eigenvalue weighted by atomic mass is 9.88. The van der Waals surface area contributed by atoms with Crippen molar-refractivity contribution in [3.8, 4) is 5.88 Å². The fraction of sp³-hybridized carbons (Fsp3) is 0.714. The molecule has 100 valence electrons. The summed E-state index contributed by atoms with van der Waals surface area (Å²) in [6.45, 7) is 6.35. The summed E-state index contributed by atoms with van der Waals surface area (Å²) < 4.78 is 6.00. The highest BCUT2D eigenvalue weighted by molar-refractivity contribution is 6.29. The number of rotatable bonds is 3. The van der Waals surface area contributed by atoms with E-state index in [-0.39, 0.29) is 12.0 Å². The monoisotopic (exact) mass is 268 g/mol. The van der Waals surface area contributed by atoms with Crippen molar-refractivity contribution in [3.63, 3.8) is 0 Å². The lowest BCUT2D eigenvalue weighted by Gasteiger charge is -2.28. The van der Waals surface area contributed by atoms with Gasteiger partial charge in [0.15, 0.2) is 0 Å². The predicted octanol–water partition coefficient (Wildman–Crippen LogP) is 4.21. The van der Waals surface area contributed by atoms with E-state index in [2.05, 4.69) is 30.7 Å². The Balaban J connectivity index is 2.12. The number of nitrogens with zero attached hydrogens (tertiary/aromatic N) is 2. The first-order valence-electron chi connectivity index (χ1n) is 6.77. The quantitative estimate of drug-likeness (QED) is 0.770. The van der Waals surface area contributed by atoms with E-state index in [1.807, 2.05) is 0 Å². The van der Waals surface area contributed by atoms with Gasteiger partial charge in [-0.2, -0.15) is 4.98 Å². The lowest BCUT2D eigenvalue weighted by Crippen LogP contribution is -2.28. The van der Waals surface area contributed by atoms with Crippen molar-refractivity contribution in [1.29, 1.82) is 0 Å². The molecule has 0 aromatic carbocycles. The van der Waals surface area contributed by atoms with Crippen LogP contribution in [-0.4, -0.2) is 16.1 Å². The van der Waals surface area contributed by atoms with Crippen LogP contribution >= 0.6 is 11.6 Å². The van der Waals surface area contributed by atoms with Gasteiger partial charge in [0.05, 0.1) is 0 Å². The molecule has 18 heavy (non-hydrogen) atoms. The van der Waals surface area contributed by atoms with Crippen molar-refractivity contribution < 1.29 is 4.74 Å². The Labute approximate surface area is 114 Å². The maximum atomic E-state index is 6.02. The third-order valence-corrected chi connectivity index (χ3v) is 3.70. The fourth-order valence-electron chi connectivity index (χ4n) is 2.34. The van der Waals surface area contributed by atoms with E-state index in [4.69, 9.17) is 16.3 Å². The highest BCUT2D eigenvalue weighted by Crippen LogP contribution is 2.28. The van der Waals surface area contributed by atoms with Crippen LogP contribution in [0.25, 0.3) is 0 Å². The number of hydrogen-bond donors (Lipinski definition) is 0. The van der Waals surface area contributed by atoms with Crippen LogP contribution in [0, 0.1) is 5.92 Å². The largest absolute Gasteiger partial charge is 0.474 e. The molecule has 1 heterocycles. The maximum absolute atomic E-state index is 6.02. The molecule has 1 aromatic heterocycles. The van der Waals surface area contributed by atoms with Gasteiger partial charge in [0.25, 0.3) is 0 Å².